The maximum Gasteiger partial charge on any atom is 0.226 e. The largest absolute Gasteiger partial charge is 0.352 e. The van der Waals surface area contributed by atoms with Crippen LogP contribution >= 0.6 is 0 Å². The zero-order valence-corrected chi connectivity index (χ0v) is 11.6. The number of benzene rings is 1. The fraction of sp³-hybridized carbons (Fsp3) is 0.333. The Bertz CT molecular complexity index is 587. The number of nitrogens with one attached hydrogen (secondary N) is 1. The van der Waals surface area contributed by atoms with Crippen LogP contribution in [0.1, 0.15) is 22.5 Å². The van der Waals surface area contributed by atoms with Crippen LogP contribution in [0.4, 0.5) is 0 Å². The molecule has 2 rings (SSSR count). The lowest BCUT2D eigenvalue weighted by molar-refractivity contribution is -0.120. The standard InChI is InChI=1S/C15H19N3O/c1-11-5-4-6-13(7-11)10-16-15(19)9-14-8-12(2)17-18(14)3/h4-8H,9-10H2,1-3H3,(H,16,19). The normalized spacial score (nSPS) is 10.5. The molecule has 0 radical (unpaired) electrons. The van der Waals surface area contributed by atoms with Crippen LogP contribution in [0.2, 0.25) is 0 Å². The Balaban J connectivity index is 1.90. The number of hydrogen-bond donors (Lipinski definition) is 1. The van der Waals surface area contributed by atoms with E-state index in [0.29, 0.717) is 13.0 Å². The summed E-state index contributed by atoms with van der Waals surface area (Å²) >= 11 is 0. The number of nitrogens with zero attached hydrogens (tertiary/aromatic N) is 2. The second kappa shape index (κ2) is 5.69. The third-order valence-electron chi connectivity index (χ3n) is 3.01. The van der Waals surface area contributed by atoms with E-state index in [0.717, 1.165) is 17.0 Å². The van der Waals surface area contributed by atoms with E-state index in [-0.39, 0.29) is 5.91 Å². The van der Waals surface area contributed by atoms with Crippen LogP contribution in [0, 0.1) is 13.8 Å². The summed E-state index contributed by atoms with van der Waals surface area (Å²) in [6, 6.07) is 10.1. The van der Waals surface area contributed by atoms with Crippen molar-refractivity contribution < 1.29 is 4.79 Å². The maximum atomic E-state index is 11.9. The van der Waals surface area contributed by atoms with Crippen molar-refractivity contribution in [3.05, 3.63) is 52.8 Å². The minimum atomic E-state index is 0.0181. The number of rotatable bonds is 4. The van der Waals surface area contributed by atoms with Gasteiger partial charge in [0.2, 0.25) is 5.91 Å². The van der Waals surface area contributed by atoms with Crippen molar-refractivity contribution in [3.63, 3.8) is 0 Å². The third kappa shape index (κ3) is 3.68. The molecule has 0 atom stereocenters. The first-order valence-electron chi connectivity index (χ1n) is 6.36. The highest BCUT2D eigenvalue weighted by atomic mass is 16.1. The SMILES string of the molecule is Cc1cccc(CNC(=O)Cc2cc(C)nn2C)c1. The van der Waals surface area contributed by atoms with Crippen LogP contribution < -0.4 is 5.32 Å². The van der Waals surface area contributed by atoms with Gasteiger partial charge in [0.1, 0.15) is 0 Å². The molecule has 1 aromatic heterocycles. The lowest BCUT2D eigenvalue weighted by Gasteiger charge is -2.06. The van der Waals surface area contributed by atoms with Crippen molar-refractivity contribution in [1.29, 1.82) is 0 Å². The Kier molecular flexibility index (Phi) is 4.00. The molecule has 1 N–H and O–H groups in total. The quantitative estimate of drug-likeness (QED) is 0.909. The monoisotopic (exact) mass is 257 g/mol. The summed E-state index contributed by atoms with van der Waals surface area (Å²) in [5.74, 6) is 0.0181. The first-order chi connectivity index (χ1) is 9.04. The topological polar surface area (TPSA) is 46.9 Å². The van der Waals surface area contributed by atoms with Gasteiger partial charge in [-0.25, -0.2) is 0 Å². The highest BCUT2D eigenvalue weighted by molar-refractivity contribution is 5.78. The molecule has 19 heavy (non-hydrogen) atoms. The number of aromatic nitrogens is 2. The lowest BCUT2D eigenvalue weighted by atomic mass is 10.1. The van der Waals surface area contributed by atoms with E-state index in [9.17, 15) is 4.79 Å². The van der Waals surface area contributed by atoms with Gasteiger partial charge in [0.05, 0.1) is 12.1 Å². The first-order valence-corrected chi connectivity index (χ1v) is 6.36. The molecule has 1 amide bonds. The third-order valence-corrected chi connectivity index (χ3v) is 3.01. The first kappa shape index (κ1) is 13.3. The highest BCUT2D eigenvalue weighted by Gasteiger charge is 2.08. The molecule has 0 bridgehead atoms. The summed E-state index contributed by atoms with van der Waals surface area (Å²) in [7, 11) is 1.86. The van der Waals surface area contributed by atoms with Crippen molar-refractivity contribution in [2.75, 3.05) is 0 Å². The van der Waals surface area contributed by atoms with Gasteiger partial charge in [-0.05, 0) is 25.5 Å². The van der Waals surface area contributed by atoms with E-state index >= 15 is 0 Å². The molecule has 4 nitrogen and oxygen atoms in total. The van der Waals surface area contributed by atoms with Gasteiger partial charge in [-0.15, -0.1) is 0 Å². The van der Waals surface area contributed by atoms with Gasteiger partial charge in [-0.3, -0.25) is 9.48 Å². The van der Waals surface area contributed by atoms with Crippen LogP contribution in [-0.2, 0) is 24.8 Å². The minimum Gasteiger partial charge on any atom is -0.352 e. The molecule has 0 aliphatic heterocycles. The van der Waals surface area contributed by atoms with Gasteiger partial charge in [0.25, 0.3) is 0 Å². The van der Waals surface area contributed by atoms with Crippen molar-refractivity contribution in [1.82, 2.24) is 15.1 Å². The van der Waals surface area contributed by atoms with Gasteiger partial charge < -0.3 is 5.32 Å². The van der Waals surface area contributed by atoms with E-state index < -0.39 is 0 Å². The molecule has 0 aliphatic rings. The van der Waals surface area contributed by atoms with Crippen LogP contribution in [0.5, 0.6) is 0 Å². The second-order valence-corrected chi connectivity index (χ2v) is 4.84. The Morgan fingerprint density at radius 1 is 1.32 bits per heavy atom. The van der Waals surface area contributed by atoms with E-state index in [1.54, 1.807) is 4.68 Å². The molecule has 0 saturated heterocycles. The molecule has 100 valence electrons. The smallest absolute Gasteiger partial charge is 0.226 e. The average molecular weight is 257 g/mol. The summed E-state index contributed by atoms with van der Waals surface area (Å²) in [5.41, 5.74) is 4.19. The fourth-order valence-corrected chi connectivity index (χ4v) is 2.08. The molecule has 1 aromatic carbocycles. The van der Waals surface area contributed by atoms with Gasteiger partial charge in [-0.2, -0.15) is 5.10 Å². The summed E-state index contributed by atoms with van der Waals surface area (Å²) in [6.07, 6.45) is 0.364. The number of hydrogen-bond acceptors (Lipinski definition) is 2. The number of carbonyl (C=O) groups is 1. The molecule has 0 fully saturated rings. The van der Waals surface area contributed by atoms with Crippen molar-refractivity contribution in [2.45, 2.75) is 26.8 Å². The average Bonchev–Trinajstić information content (AvgIpc) is 2.65. The van der Waals surface area contributed by atoms with Gasteiger partial charge in [0.15, 0.2) is 0 Å². The van der Waals surface area contributed by atoms with Crippen LogP contribution in [0.15, 0.2) is 30.3 Å². The van der Waals surface area contributed by atoms with E-state index in [4.69, 9.17) is 0 Å². The Hall–Kier alpha value is -2.10. The van der Waals surface area contributed by atoms with Crippen LogP contribution in [0.3, 0.4) is 0 Å². The Morgan fingerprint density at radius 2 is 2.11 bits per heavy atom. The molecule has 0 unspecified atom stereocenters. The van der Waals surface area contributed by atoms with Crippen LogP contribution in [0.25, 0.3) is 0 Å². The fourth-order valence-electron chi connectivity index (χ4n) is 2.08. The van der Waals surface area contributed by atoms with Gasteiger partial charge in [-0.1, -0.05) is 29.8 Å². The highest BCUT2D eigenvalue weighted by Crippen LogP contribution is 2.05. The minimum absolute atomic E-state index is 0.0181. The predicted molar refractivity (Wildman–Crippen MR) is 74.7 cm³/mol. The summed E-state index contributed by atoms with van der Waals surface area (Å²) < 4.78 is 1.75. The van der Waals surface area contributed by atoms with E-state index in [1.807, 2.05) is 45.2 Å². The zero-order valence-electron chi connectivity index (χ0n) is 11.6. The number of aryl methyl sites for hydroxylation is 3. The van der Waals surface area contributed by atoms with Crippen LogP contribution in [-0.4, -0.2) is 15.7 Å². The summed E-state index contributed by atoms with van der Waals surface area (Å²) in [5, 5.41) is 7.16. The van der Waals surface area contributed by atoms with Gasteiger partial charge in [0, 0.05) is 19.3 Å². The lowest BCUT2D eigenvalue weighted by Crippen LogP contribution is -2.25. The van der Waals surface area contributed by atoms with Crippen molar-refractivity contribution in [3.8, 4) is 0 Å². The molecule has 0 saturated carbocycles. The van der Waals surface area contributed by atoms with Gasteiger partial charge >= 0.3 is 0 Å². The van der Waals surface area contributed by atoms with Crippen molar-refractivity contribution >= 4 is 5.91 Å². The Labute approximate surface area is 113 Å². The summed E-state index contributed by atoms with van der Waals surface area (Å²) in [6.45, 7) is 4.54. The number of amides is 1. The molecule has 0 aliphatic carbocycles. The molecular formula is C15H19N3O. The molecular weight excluding hydrogens is 238 g/mol. The zero-order chi connectivity index (χ0) is 13.8. The Morgan fingerprint density at radius 3 is 2.74 bits per heavy atom. The van der Waals surface area contributed by atoms with E-state index in [1.165, 1.54) is 5.56 Å². The maximum absolute atomic E-state index is 11.9. The second-order valence-electron chi connectivity index (χ2n) is 4.84. The number of carbonyl (C=O) groups excluding carboxylic acids is 1. The molecule has 0 spiro atoms. The molecule has 1 heterocycles. The van der Waals surface area contributed by atoms with E-state index in [2.05, 4.69) is 16.5 Å². The van der Waals surface area contributed by atoms with Crippen molar-refractivity contribution in [2.24, 2.45) is 7.05 Å². The predicted octanol–water partition coefficient (Wildman–Crippen LogP) is 1.90. The summed E-state index contributed by atoms with van der Waals surface area (Å²) in [4.78, 5) is 11.9. The molecule has 2 aromatic rings. The molecule has 4 heteroatoms.